The van der Waals surface area contributed by atoms with Gasteiger partial charge in [0, 0.05) is 37.6 Å². The molecule has 4 nitrogen and oxygen atoms in total. The molecule has 0 fully saturated rings. The van der Waals surface area contributed by atoms with Crippen LogP contribution in [0.2, 0.25) is 0 Å². The summed E-state index contributed by atoms with van der Waals surface area (Å²) in [6.07, 6.45) is 11.3. The van der Waals surface area contributed by atoms with Crippen molar-refractivity contribution in [3.05, 3.63) is 84.4 Å². The van der Waals surface area contributed by atoms with E-state index in [1.807, 2.05) is 34.1 Å². The second kappa shape index (κ2) is 11.2. The summed E-state index contributed by atoms with van der Waals surface area (Å²) in [5.41, 5.74) is 3.49. The van der Waals surface area contributed by atoms with E-state index >= 15 is 0 Å². The quantitative estimate of drug-likeness (QED) is 0.407. The first-order chi connectivity index (χ1) is 14.3. The molecule has 2 aromatic carbocycles. The number of nitrogens with zero attached hydrogens (tertiary/aromatic N) is 3. The number of anilines is 1. The number of imidazole rings is 1. The van der Waals surface area contributed by atoms with Crippen molar-refractivity contribution in [2.75, 3.05) is 11.4 Å². The molecule has 152 valence electrons. The summed E-state index contributed by atoms with van der Waals surface area (Å²) in [7, 11) is 0. The van der Waals surface area contributed by atoms with E-state index in [2.05, 4.69) is 54.4 Å². The Balaban J connectivity index is 1.70. The van der Waals surface area contributed by atoms with Gasteiger partial charge in [-0.25, -0.2) is 4.98 Å². The van der Waals surface area contributed by atoms with E-state index in [1.54, 1.807) is 6.20 Å². The van der Waals surface area contributed by atoms with Gasteiger partial charge in [0.2, 0.25) is 5.91 Å². The van der Waals surface area contributed by atoms with Crippen LogP contribution in [-0.2, 0) is 17.8 Å². The third-order valence-corrected chi connectivity index (χ3v) is 5.13. The van der Waals surface area contributed by atoms with Gasteiger partial charge in [-0.2, -0.15) is 0 Å². The molecule has 0 bridgehead atoms. The van der Waals surface area contributed by atoms with Gasteiger partial charge in [0.15, 0.2) is 0 Å². The fourth-order valence-electron chi connectivity index (χ4n) is 3.56. The highest BCUT2D eigenvalue weighted by Gasteiger charge is 2.15. The van der Waals surface area contributed by atoms with Gasteiger partial charge in [0.1, 0.15) is 0 Å². The summed E-state index contributed by atoms with van der Waals surface area (Å²) < 4.78 is 2.04. The van der Waals surface area contributed by atoms with Crippen LogP contribution in [0, 0.1) is 0 Å². The fourth-order valence-corrected chi connectivity index (χ4v) is 3.56. The Labute approximate surface area is 174 Å². The lowest BCUT2D eigenvalue weighted by Crippen LogP contribution is -2.32. The molecule has 3 aromatic rings. The number of aryl methyl sites for hydroxylation is 1. The first-order valence-electron chi connectivity index (χ1n) is 10.6. The van der Waals surface area contributed by atoms with Gasteiger partial charge >= 0.3 is 0 Å². The van der Waals surface area contributed by atoms with Crippen molar-refractivity contribution in [1.82, 2.24) is 9.55 Å². The normalized spacial score (nSPS) is 10.8. The minimum Gasteiger partial charge on any atom is -0.333 e. The maximum atomic E-state index is 13.0. The van der Waals surface area contributed by atoms with Crippen LogP contribution in [-0.4, -0.2) is 22.0 Å². The molecule has 0 spiro atoms. The molecule has 0 atom stereocenters. The molecule has 0 saturated heterocycles. The largest absolute Gasteiger partial charge is 0.333 e. The van der Waals surface area contributed by atoms with Gasteiger partial charge < -0.3 is 9.47 Å². The highest BCUT2D eigenvalue weighted by Crippen LogP contribution is 2.20. The van der Waals surface area contributed by atoms with Gasteiger partial charge in [-0.3, -0.25) is 4.79 Å². The van der Waals surface area contributed by atoms with Crippen LogP contribution in [0.25, 0.3) is 0 Å². The average Bonchev–Trinajstić information content (AvgIpc) is 3.25. The van der Waals surface area contributed by atoms with Crippen LogP contribution < -0.4 is 4.90 Å². The predicted molar refractivity (Wildman–Crippen MR) is 119 cm³/mol. The molecule has 0 N–H and O–H groups in total. The molecule has 3 rings (SSSR count). The van der Waals surface area contributed by atoms with E-state index in [1.165, 1.54) is 11.1 Å². The lowest BCUT2D eigenvalue weighted by molar-refractivity contribution is -0.118. The summed E-state index contributed by atoms with van der Waals surface area (Å²) >= 11 is 0. The molecule has 1 heterocycles. The number of carbonyl (C=O) groups is 1. The van der Waals surface area contributed by atoms with E-state index in [0.717, 1.165) is 50.9 Å². The molecule has 1 amide bonds. The summed E-state index contributed by atoms with van der Waals surface area (Å²) in [5.74, 6) is 0.228. The standard InChI is InChI=1S/C25H31N3O/c1-2-3-5-15-25(29)28(17-9-13-22-10-6-4-7-11-22)24-14-8-12-23(19-24)20-27-18-16-26-21-27/h4,6-8,10-12,14,16,18-19,21H,2-3,5,9,13,15,17,20H2,1H3. The number of amides is 1. The minimum atomic E-state index is 0.228. The molecule has 0 unspecified atom stereocenters. The second-order valence-corrected chi connectivity index (χ2v) is 7.50. The average molecular weight is 390 g/mol. The third-order valence-electron chi connectivity index (χ3n) is 5.13. The number of benzene rings is 2. The molecule has 0 aliphatic rings. The Bertz CT molecular complexity index is 859. The van der Waals surface area contributed by atoms with Gasteiger partial charge in [0.25, 0.3) is 0 Å². The smallest absolute Gasteiger partial charge is 0.226 e. The van der Waals surface area contributed by atoms with Crippen molar-refractivity contribution in [2.45, 2.75) is 52.0 Å². The predicted octanol–water partition coefficient (Wildman–Crippen LogP) is 5.48. The summed E-state index contributed by atoms with van der Waals surface area (Å²) in [5, 5.41) is 0. The lowest BCUT2D eigenvalue weighted by atomic mass is 10.1. The molecule has 29 heavy (non-hydrogen) atoms. The molecular weight excluding hydrogens is 358 g/mol. The van der Waals surface area contributed by atoms with Gasteiger partial charge in [0.05, 0.1) is 6.33 Å². The Morgan fingerprint density at radius 3 is 2.59 bits per heavy atom. The summed E-state index contributed by atoms with van der Waals surface area (Å²) in [4.78, 5) is 19.1. The van der Waals surface area contributed by atoms with Crippen molar-refractivity contribution in [3.8, 4) is 0 Å². The number of hydrogen-bond acceptors (Lipinski definition) is 2. The van der Waals surface area contributed by atoms with Crippen LogP contribution in [0.5, 0.6) is 0 Å². The van der Waals surface area contributed by atoms with Crippen LogP contribution >= 0.6 is 0 Å². The maximum Gasteiger partial charge on any atom is 0.226 e. The van der Waals surface area contributed by atoms with Crippen molar-refractivity contribution in [2.24, 2.45) is 0 Å². The molecule has 0 aliphatic carbocycles. The minimum absolute atomic E-state index is 0.228. The highest BCUT2D eigenvalue weighted by atomic mass is 16.2. The zero-order chi connectivity index (χ0) is 20.3. The van der Waals surface area contributed by atoms with Crippen LogP contribution in [0.4, 0.5) is 5.69 Å². The van der Waals surface area contributed by atoms with Gasteiger partial charge in [-0.15, -0.1) is 0 Å². The second-order valence-electron chi connectivity index (χ2n) is 7.50. The Kier molecular flexibility index (Phi) is 8.05. The lowest BCUT2D eigenvalue weighted by Gasteiger charge is -2.24. The topological polar surface area (TPSA) is 38.1 Å². The number of aromatic nitrogens is 2. The molecule has 0 saturated carbocycles. The number of unbranched alkanes of at least 4 members (excludes halogenated alkanes) is 2. The summed E-state index contributed by atoms with van der Waals surface area (Å²) in [6, 6.07) is 18.8. The van der Waals surface area contributed by atoms with Crippen molar-refractivity contribution in [3.63, 3.8) is 0 Å². The number of hydrogen-bond donors (Lipinski definition) is 0. The molecule has 0 aliphatic heterocycles. The van der Waals surface area contributed by atoms with Crippen molar-refractivity contribution >= 4 is 11.6 Å². The molecule has 4 heteroatoms. The number of rotatable bonds is 11. The molecule has 0 radical (unpaired) electrons. The fraction of sp³-hybridized carbons (Fsp3) is 0.360. The summed E-state index contributed by atoms with van der Waals surface area (Å²) in [6.45, 7) is 3.67. The first-order valence-corrected chi connectivity index (χ1v) is 10.6. The van der Waals surface area contributed by atoms with E-state index in [0.29, 0.717) is 6.42 Å². The zero-order valence-corrected chi connectivity index (χ0v) is 17.3. The molecule has 1 aromatic heterocycles. The Hall–Kier alpha value is -2.88. The van der Waals surface area contributed by atoms with E-state index in [4.69, 9.17) is 0 Å². The molecular formula is C25H31N3O. The van der Waals surface area contributed by atoms with Crippen molar-refractivity contribution in [1.29, 1.82) is 0 Å². The van der Waals surface area contributed by atoms with Gasteiger partial charge in [-0.05, 0) is 42.5 Å². The highest BCUT2D eigenvalue weighted by molar-refractivity contribution is 5.93. The zero-order valence-electron chi connectivity index (χ0n) is 17.3. The maximum absolute atomic E-state index is 13.0. The SMILES string of the molecule is CCCCCC(=O)N(CCCc1ccccc1)c1cccc(Cn2ccnc2)c1. The monoisotopic (exact) mass is 389 g/mol. The van der Waals surface area contributed by atoms with Crippen molar-refractivity contribution < 1.29 is 4.79 Å². The Morgan fingerprint density at radius 1 is 1.00 bits per heavy atom. The van der Waals surface area contributed by atoms with E-state index in [-0.39, 0.29) is 5.91 Å². The van der Waals surface area contributed by atoms with Crippen LogP contribution in [0.3, 0.4) is 0 Å². The Morgan fingerprint density at radius 2 is 1.83 bits per heavy atom. The number of carbonyl (C=O) groups excluding carboxylic acids is 1. The van der Waals surface area contributed by atoms with E-state index < -0.39 is 0 Å². The van der Waals surface area contributed by atoms with Gasteiger partial charge in [-0.1, -0.05) is 62.2 Å². The van der Waals surface area contributed by atoms with Crippen LogP contribution in [0.15, 0.2) is 73.3 Å². The van der Waals surface area contributed by atoms with E-state index in [9.17, 15) is 4.79 Å². The first kappa shape index (κ1) is 20.8. The third kappa shape index (κ3) is 6.60. The van der Waals surface area contributed by atoms with Crippen LogP contribution in [0.1, 0.15) is 50.2 Å².